The summed E-state index contributed by atoms with van der Waals surface area (Å²) >= 11 is 0. The zero-order valence-electron chi connectivity index (χ0n) is 17.0. The Balaban J connectivity index is 1.71. The molecule has 0 bridgehead atoms. The van der Waals surface area contributed by atoms with Gasteiger partial charge in [0.05, 0.1) is 36.3 Å². The van der Waals surface area contributed by atoms with E-state index in [2.05, 4.69) is 14.9 Å². The minimum atomic E-state index is -0.804. The van der Waals surface area contributed by atoms with Crippen LogP contribution in [0.2, 0.25) is 0 Å². The number of nitrogens with zero attached hydrogens (tertiary/aromatic N) is 4. The van der Waals surface area contributed by atoms with Crippen LogP contribution in [0.1, 0.15) is 28.9 Å². The third-order valence-electron chi connectivity index (χ3n) is 5.47. The summed E-state index contributed by atoms with van der Waals surface area (Å²) in [5.74, 6) is -0.713. The molecule has 2 aromatic heterocycles. The van der Waals surface area contributed by atoms with Gasteiger partial charge in [-0.3, -0.25) is 14.5 Å². The highest BCUT2D eigenvalue weighted by Gasteiger charge is 2.47. The van der Waals surface area contributed by atoms with Crippen LogP contribution in [0.5, 0.6) is 0 Å². The third-order valence-corrected chi connectivity index (χ3v) is 5.47. The number of aromatic nitrogens is 2. The van der Waals surface area contributed by atoms with Crippen LogP contribution in [-0.4, -0.2) is 76.0 Å². The molecule has 0 unspecified atom stereocenters. The average Bonchev–Trinajstić information content (AvgIpc) is 3.34. The maximum atomic E-state index is 12.9. The van der Waals surface area contributed by atoms with E-state index in [1.807, 2.05) is 0 Å². The molecule has 2 aliphatic rings. The molecule has 1 atom stereocenters. The van der Waals surface area contributed by atoms with E-state index >= 15 is 0 Å². The highest BCUT2D eigenvalue weighted by molar-refractivity contribution is 6.46. The quantitative estimate of drug-likeness (QED) is 0.446. The van der Waals surface area contributed by atoms with Crippen molar-refractivity contribution in [3.63, 3.8) is 0 Å². The van der Waals surface area contributed by atoms with E-state index in [1.54, 1.807) is 26.0 Å². The van der Waals surface area contributed by atoms with Gasteiger partial charge in [0.15, 0.2) is 0 Å². The molecule has 4 heterocycles. The van der Waals surface area contributed by atoms with Crippen LogP contribution in [0.15, 0.2) is 34.6 Å². The highest BCUT2D eigenvalue weighted by atomic mass is 16.5. The Morgan fingerprint density at radius 2 is 2.00 bits per heavy atom. The second-order valence-corrected chi connectivity index (χ2v) is 7.38. The number of furan rings is 1. The molecular formula is C21H24N4O5. The molecule has 0 spiro atoms. The summed E-state index contributed by atoms with van der Waals surface area (Å²) in [6.07, 6.45) is 2.95. The van der Waals surface area contributed by atoms with E-state index in [0.29, 0.717) is 49.1 Å². The maximum absolute atomic E-state index is 12.9. The summed E-state index contributed by atoms with van der Waals surface area (Å²) in [7, 11) is 0. The summed E-state index contributed by atoms with van der Waals surface area (Å²) < 4.78 is 10.9. The first kappa shape index (κ1) is 20.2. The topological polar surface area (TPSA) is 109 Å². The van der Waals surface area contributed by atoms with Crippen molar-refractivity contribution in [1.82, 2.24) is 19.8 Å². The molecule has 2 saturated heterocycles. The Labute approximate surface area is 174 Å². The van der Waals surface area contributed by atoms with Crippen LogP contribution >= 0.6 is 0 Å². The normalized spacial score (nSPS) is 22.1. The smallest absolute Gasteiger partial charge is 0.295 e. The number of ketones is 1. The standard InChI is InChI=1S/C21H24N4O5/c1-13-15(12-22-14(2)23-13)19(26)17-18(16-4-3-9-30-16)25(21(28)20(17)27)6-5-24-7-10-29-11-8-24/h3-4,9,12,18,26H,5-8,10-11H2,1-2H3/b19-17+/t18-/m1/s1. The minimum absolute atomic E-state index is 0.00696. The second kappa shape index (κ2) is 8.37. The largest absolute Gasteiger partial charge is 0.507 e. The number of carbonyl (C=O) groups excluding carboxylic acids is 2. The van der Waals surface area contributed by atoms with Crippen LogP contribution in [0.3, 0.4) is 0 Å². The van der Waals surface area contributed by atoms with Crippen LogP contribution in [0.25, 0.3) is 5.76 Å². The molecule has 2 aliphatic heterocycles. The summed E-state index contributed by atoms with van der Waals surface area (Å²) in [4.78, 5) is 37.9. The Kier molecular flexibility index (Phi) is 5.65. The van der Waals surface area contributed by atoms with Crippen molar-refractivity contribution in [3.8, 4) is 0 Å². The number of ether oxygens (including phenoxy) is 1. The third kappa shape index (κ3) is 3.73. The van der Waals surface area contributed by atoms with Gasteiger partial charge in [-0.25, -0.2) is 9.97 Å². The first-order chi connectivity index (χ1) is 14.5. The number of aryl methyl sites for hydroxylation is 2. The summed E-state index contributed by atoms with van der Waals surface area (Å²) in [5.41, 5.74) is 0.841. The monoisotopic (exact) mass is 412 g/mol. The second-order valence-electron chi connectivity index (χ2n) is 7.38. The summed E-state index contributed by atoms with van der Waals surface area (Å²) in [6.45, 7) is 7.23. The highest BCUT2D eigenvalue weighted by Crippen LogP contribution is 2.39. The van der Waals surface area contributed by atoms with Crippen molar-refractivity contribution in [3.05, 3.63) is 53.0 Å². The number of aliphatic hydroxyl groups is 1. The summed E-state index contributed by atoms with van der Waals surface area (Å²) in [6, 6.07) is 2.59. The fourth-order valence-corrected chi connectivity index (χ4v) is 3.89. The molecule has 0 aromatic carbocycles. The molecule has 0 saturated carbocycles. The lowest BCUT2D eigenvalue weighted by atomic mass is 9.99. The van der Waals surface area contributed by atoms with E-state index in [1.165, 1.54) is 17.4 Å². The van der Waals surface area contributed by atoms with E-state index in [-0.39, 0.29) is 11.3 Å². The lowest BCUT2D eigenvalue weighted by molar-refractivity contribution is -0.140. The van der Waals surface area contributed by atoms with Crippen LogP contribution < -0.4 is 0 Å². The van der Waals surface area contributed by atoms with Gasteiger partial charge < -0.3 is 19.2 Å². The fraction of sp³-hybridized carbons (Fsp3) is 0.429. The number of carbonyl (C=O) groups is 2. The van der Waals surface area contributed by atoms with Gasteiger partial charge in [0.2, 0.25) is 0 Å². The average molecular weight is 412 g/mol. The Bertz CT molecular complexity index is 979. The SMILES string of the molecule is Cc1ncc(/C(O)=C2\C(=O)C(=O)N(CCN3CCOCC3)[C@@H]2c2ccco2)c(C)n1. The van der Waals surface area contributed by atoms with Crippen molar-refractivity contribution in [1.29, 1.82) is 0 Å². The van der Waals surface area contributed by atoms with E-state index in [0.717, 1.165) is 13.1 Å². The maximum Gasteiger partial charge on any atom is 0.295 e. The lowest BCUT2D eigenvalue weighted by Gasteiger charge is -2.30. The number of hydrogen-bond donors (Lipinski definition) is 1. The van der Waals surface area contributed by atoms with E-state index in [4.69, 9.17) is 9.15 Å². The predicted octanol–water partition coefficient (Wildman–Crippen LogP) is 1.44. The number of amides is 1. The molecule has 2 aromatic rings. The number of hydrogen-bond acceptors (Lipinski definition) is 8. The molecule has 4 rings (SSSR count). The van der Waals surface area contributed by atoms with E-state index in [9.17, 15) is 14.7 Å². The van der Waals surface area contributed by atoms with Gasteiger partial charge in [0, 0.05) is 32.4 Å². The Hall–Kier alpha value is -3.04. The van der Waals surface area contributed by atoms with Gasteiger partial charge in [0.1, 0.15) is 23.4 Å². The van der Waals surface area contributed by atoms with Crippen LogP contribution in [-0.2, 0) is 14.3 Å². The molecule has 9 nitrogen and oxygen atoms in total. The molecule has 1 amide bonds. The first-order valence-electron chi connectivity index (χ1n) is 9.90. The molecule has 2 fully saturated rings. The van der Waals surface area contributed by atoms with Crippen molar-refractivity contribution in [2.75, 3.05) is 39.4 Å². The van der Waals surface area contributed by atoms with E-state index < -0.39 is 17.7 Å². The Morgan fingerprint density at radius 3 is 2.67 bits per heavy atom. The van der Waals surface area contributed by atoms with Crippen molar-refractivity contribution < 1.29 is 23.8 Å². The van der Waals surface area contributed by atoms with Crippen LogP contribution in [0, 0.1) is 13.8 Å². The molecule has 1 N–H and O–H groups in total. The van der Waals surface area contributed by atoms with Crippen molar-refractivity contribution in [2.24, 2.45) is 0 Å². The summed E-state index contributed by atoms with van der Waals surface area (Å²) in [5, 5.41) is 11.0. The fourth-order valence-electron chi connectivity index (χ4n) is 3.89. The van der Waals surface area contributed by atoms with Crippen molar-refractivity contribution >= 4 is 17.4 Å². The number of rotatable bonds is 5. The Morgan fingerprint density at radius 1 is 1.23 bits per heavy atom. The van der Waals surface area contributed by atoms with Gasteiger partial charge in [-0.05, 0) is 26.0 Å². The van der Waals surface area contributed by atoms with Gasteiger partial charge in [0.25, 0.3) is 11.7 Å². The molecular weight excluding hydrogens is 388 g/mol. The zero-order valence-corrected chi connectivity index (χ0v) is 17.0. The molecule has 9 heteroatoms. The molecule has 0 aliphatic carbocycles. The number of Topliss-reactive ketones (excluding diaryl/α,β-unsaturated/α-hetero) is 1. The predicted molar refractivity (Wildman–Crippen MR) is 106 cm³/mol. The minimum Gasteiger partial charge on any atom is -0.507 e. The van der Waals surface area contributed by atoms with Crippen LogP contribution in [0.4, 0.5) is 0 Å². The molecule has 0 radical (unpaired) electrons. The van der Waals surface area contributed by atoms with Gasteiger partial charge in [-0.2, -0.15) is 0 Å². The van der Waals surface area contributed by atoms with Gasteiger partial charge >= 0.3 is 0 Å². The van der Waals surface area contributed by atoms with Gasteiger partial charge in [-0.1, -0.05) is 0 Å². The zero-order chi connectivity index (χ0) is 21.3. The number of aliphatic hydroxyl groups excluding tert-OH is 1. The van der Waals surface area contributed by atoms with Crippen molar-refractivity contribution in [2.45, 2.75) is 19.9 Å². The molecule has 30 heavy (non-hydrogen) atoms. The molecule has 158 valence electrons. The first-order valence-corrected chi connectivity index (χ1v) is 9.90. The number of likely N-dealkylation sites (tertiary alicyclic amines) is 1. The lowest BCUT2D eigenvalue weighted by Crippen LogP contribution is -2.42. The number of morpholine rings is 1. The van der Waals surface area contributed by atoms with Gasteiger partial charge in [-0.15, -0.1) is 0 Å².